The molecule has 0 heterocycles. The molecule has 2 aromatic carbocycles. The smallest absolute Gasteiger partial charge is 0.0192 e. The molecule has 0 saturated carbocycles. The summed E-state index contributed by atoms with van der Waals surface area (Å²) in [6.07, 6.45) is 2.27. The van der Waals surface area contributed by atoms with Crippen LogP contribution >= 0.6 is 8.58 Å². The number of hydrogen-bond donors (Lipinski definition) is 0. The van der Waals surface area contributed by atoms with E-state index in [2.05, 4.69) is 62.4 Å². The number of hydrogen-bond acceptors (Lipinski definition) is 0. The molecule has 0 aliphatic heterocycles. The van der Waals surface area contributed by atoms with E-state index in [4.69, 9.17) is 0 Å². The second kappa shape index (κ2) is 5.98. The van der Waals surface area contributed by atoms with Gasteiger partial charge in [0.1, 0.15) is 0 Å². The predicted octanol–water partition coefficient (Wildman–Crippen LogP) is 3.44. The first kappa shape index (κ1) is 12.3. The molecule has 0 saturated heterocycles. The molecule has 0 nitrogen and oxygen atoms in total. The SMILES string of the molecule is CCc1cccc(Pc2ccccc2)c1CC. The zero-order chi connectivity index (χ0) is 12.1. The Hall–Kier alpha value is -1.13. The highest BCUT2D eigenvalue weighted by molar-refractivity contribution is 7.55. The van der Waals surface area contributed by atoms with Crippen molar-refractivity contribution >= 4 is 19.2 Å². The molecule has 0 bridgehead atoms. The van der Waals surface area contributed by atoms with Crippen molar-refractivity contribution in [1.82, 2.24) is 0 Å². The Morgan fingerprint density at radius 1 is 0.824 bits per heavy atom. The summed E-state index contributed by atoms with van der Waals surface area (Å²) in [7, 11) is 0.782. The zero-order valence-electron chi connectivity index (χ0n) is 10.5. The van der Waals surface area contributed by atoms with Crippen LogP contribution in [0, 0.1) is 0 Å². The Balaban J connectivity index is 2.33. The molecule has 2 aromatic rings. The van der Waals surface area contributed by atoms with Gasteiger partial charge in [-0.05, 0) is 34.6 Å². The van der Waals surface area contributed by atoms with Crippen molar-refractivity contribution in [3.05, 3.63) is 59.7 Å². The summed E-state index contributed by atoms with van der Waals surface area (Å²) in [6, 6.07) is 17.5. The molecule has 0 aliphatic rings. The molecule has 0 aliphatic carbocycles. The maximum atomic E-state index is 2.28. The van der Waals surface area contributed by atoms with Gasteiger partial charge in [0, 0.05) is 0 Å². The lowest BCUT2D eigenvalue weighted by Gasteiger charge is -2.12. The fraction of sp³-hybridized carbons (Fsp3) is 0.250. The van der Waals surface area contributed by atoms with Crippen molar-refractivity contribution in [1.29, 1.82) is 0 Å². The molecule has 1 heteroatoms. The lowest BCUT2D eigenvalue weighted by atomic mass is 10.0. The monoisotopic (exact) mass is 242 g/mol. The van der Waals surface area contributed by atoms with E-state index < -0.39 is 0 Å². The van der Waals surface area contributed by atoms with Gasteiger partial charge in [-0.1, -0.05) is 71.0 Å². The molecule has 1 unspecified atom stereocenters. The van der Waals surface area contributed by atoms with Gasteiger partial charge >= 0.3 is 0 Å². The average Bonchev–Trinajstić information content (AvgIpc) is 2.39. The maximum absolute atomic E-state index is 2.28. The van der Waals surface area contributed by atoms with Crippen molar-refractivity contribution in [2.75, 3.05) is 0 Å². The summed E-state index contributed by atoms with van der Waals surface area (Å²) < 4.78 is 0. The van der Waals surface area contributed by atoms with Gasteiger partial charge < -0.3 is 0 Å². The lowest BCUT2D eigenvalue weighted by molar-refractivity contribution is 1.05. The number of aryl methyl sites for hydroxylation is 1. The van der Waals surface area contributed by atoms with Gasteiger partial charge in [0.25, 0.3) is 0 Å². The molecule has 1 atom stereocenters. The topological polar surface area (TPSA) is 0 Å². The Morgan fingerprint density at radius 3 is 2.24 bits per heavy atom. The highest BCUT2D eigenvalue weighted by Crippen LogP contribution is 2.17. The van der Waals surface area contributed by atoms with Crippen molar-refractivity contribution < 1.29 is 0 Å². The molecular formula is C16H19P. The normalized spacial score (nSPS) is 11.2. The third kappa shape index (κ3) is 2.96. The van der Waals surface area contributed by atoms with Crippen molar-refractivity contribution in [2.24, 2.45) is 0 Å². The molecular weight excluding hydrogens is 223 g/mol. The Bertz CT molecular complexity index is 474. The molecule has 2 rings (SSSR count). The second-order valence-electron chi connectivity index (χ2n) is 4.14. The van der Waals surface area contributed by atoms with E-state index in [0.717, 1.165) is 21.4 Å². The molecule has 0 amide bonds. The van der Waals surface area contributed by atoms with Crippen LogP contribution in [0.1, 0.15) is 25.0 Å². The summed E-state index contributed by atoms with van der Waals surface area (Å²) in [5, 5.41) is 2.94. The maximum Gasteiger partial charge on any atom is -0.0192 e. The minimum Gasteiger partial charge on any atom is -0.0622 e. The Morgan fingerprint density at radius 2 is 1.59 bits per heavy atom. The minimum absolute atomic E-state index is 0.782. The van der Waals surface area contributed by atoms with E-state index in [1.165, 1.54) is 16.2 Å². The molecule has 0 fully saturated rings. The highest BCUT2D eigenvalue weighted by atomic mass is 31.1. The van der Waals surface area contributed by atoms with Crippen LogP contribution in [0.25, 0.3) is 0 Å². The van der Waals surface area contributed by atoms with E-state index in [1.807, 2.05) is 0 Å². The van der Waals surface area contributed by atoms with Crippen LogP contribution in [-0.4, -0.2) is 0 Å². The Kier molecular flexibility index (Phi) is 4.34. The minimum atomic E-state index is 0.782. The van der Waals surface area contributed by atoms with Crippen molar-refractivity contribution in [3.8, 4) is 0 Å². The lowest BCUT2D eigenvalue weighted by Crippen LogP contribution is -2.11. The van der Waals surface area contributed by atoms with Gasteiger partial charge in [-0.15, -0.1) is 0 Å². The molecule has 17 heavy (non-hydrogen) atoms. The molecule has 0 N–H and O–H groups in total. The average molecular weight is 242 g/mol. The molecule has 0 spiro atoms. The Labute approximate surface area is 106 Å². The highest BCUT2D eigenvalue weighted by Gasteiger charge is 2.05. The second-order valence-corrected chi connectivity index (χ2v) is 5.51. The predicted molar refractivity (Wildman–Crippen MR) is 79.2 cm³/mol. The zero-order valence-corrected chi connectivity index (χ0v) is 11.5. The van der Waals surface area contributed by atoms with Crippen LogP contribution in [0.4, 0.5) is 0 Å². The quantitative estimate of drug-likeness (QED) is 0.720. The summed E-state index contributed by atoms with van der Waals surface area (Å²) in [5.74, 6) is 0. The van der Waals surface area contributed by atoms with Gasteiger partial charge in [0.2, 0.25) is 0 Å². The fourth-order valence-electron chi connectivity index (χ4n) is 2.18. The van der Waals surface area contributed by atoms with Crippen molar-refractivity contribution in [2.45, 2.75) is 26.7 Å². The van der Waals surface area contributed by atoms with Gasteiger partial charge in [-0.25, -0.2) is 0 Å². The van der Waals surface area contributed by atoms with E-state index in [0.29, 0.717) is 0 Å². The summed E-state index contributed by atoms with van der Waals surface area (Å²) in [6.45, 7) is 4.50. The fourth-order valence-corrected chi connectivity index (χ4v) is 3.52. The molecule has 0 radical (unpaired) electrons. The standard InChI is InChI=1S/C16H19P/c1-3-13-9-8-12-16(15(13)4-2)17-14-10-6-5-7-11-14/h5-12,17H,3-4H2,1-2H3. The van der Waals surface area contributed by atoms with Crippen LogP contribution in [0.3, 0.4) is 0 Å². The van der Waals surface area contributed by atoms with E-state index in [-0.39, 0.29) is 0 Å². The summed E-state index contributed by atoms with van der Waals surface area (Å²) >= 11 is 0. The van der Waals surface area contributed by atoms with Gasteiger partial charge in [-0.3, -0.25) is 0 Å². The van der Waals surface area contributed by atoms with Crippen molar-refractivity contribution in [3.63, 3.8) is 0 Å². The molecule has 0 aromatic heterocycles. The van der Waals surface area contributed by atoms with Crippen LogP contribution in [0.2, 0.25) is 0 Å². The third-order valence-electron chi connectivity index (χ3n) is 3.06. The van der Waals surface area contributed by atoms with Gasteiger partial charge in [0.05, 0.1) is 0 Å². The van der Waals surface area contributed by atoms with Gasteiger partial charge in [-0.2, -0.15) is 0 Å². The number of benzene rings is 2. The molecule has 88 valence electrons. The van der Waals surface area contributed by atoms with Crippen LogP contribution in [-0.2, 0) is 12.8 Å². The van der Waals surface area contributed by atoms with E-state index in [9.17, 15) is 0 Å². The number of rotatable bonds is 4. The first-order valence-corrected chi connectivity index (χ1v) is 7.28. The summed E-state index contributed by atoms with van der Waals surface area (Å²) in [4.78, 5) is 0. The van der Waals surface area contributed by atoms with E-state index >= 15 is 0 Å². The van der Waals surface area contributed by atoms with Crippen LogP contribution < -0.4 is 10.6 Å². The third-order valence-corrected chi connectivity index (χ3v) is 4.42. The van der Waals surface area contributed by atoms with Crippen LogP contribution in [0.15, 0.2) is 48.5 Å². The largest absolute Gasteiger partial charge is 0.0622 e. The summed E-state index contributed by atoms with van der Waals surface area (Å²) in [5.41, 5.74) is 3.06. The first-order chi connectivity index (χ1) is 8.35. The first-order valence-electron chi connectivity index (χ1n) is 6.28. The van der Waals surface area contributed by atoms with Gasteiger partial charge in [0.15, 0.2) is 0 Å². The van der Waals surface area contributed by atoms with E-state index in [1.54, 1.807) is 5.56 Å². The van der Waals surface area contributed by atoms with Crippen LogP contribution in [0.5, 0.6) is 0 Å².